The Labute approximate surface area is 197 Å². The van der Waals surface area contributed by atoms with Gasteiger partial charge in [-0.2, -0.15) is 4.31 Å². The van der Waals surface area contributed by atoms with Crippen molar-refractivity contribution in [2.45, 2.75) is 31.6 Å². The highest BCUT2D eigenvalue weighted by Gasteiger charge is 2.32. The van der Waals surface area contributed by atoms with Crippen molar-refractivity contribution in [2.75, 3.05) is 66.5 Å². The normalized spacial score (nSPS) is 18.6. The minimum absolute atomic E-state index is 0.000296. The van der Waals surface area contributed by atoms with Crippen LogP contribution in [0, 0.1) is 5.92 Å². The number of methoxy groups -OCH3 is 1. The summed E-state index contributed by atoms with van der Waals surface area (Å²) in [5, 5.41) is 0. The number of sulfonamides is 1. The van der Waals surface area contributed by atoms with E-state index in [1.807, 2.05) is 4.90 Å². The van der Waals surface area contributed by atoms with Gasteiger partial charge in [0.2, 0.25) is 15.9 Å². The van der Waals surface area contributed by atoms with E-state index in [0.717, 1.165) is 26.2 Å². The van der Waals surface area contributed by atoms with Crippen LogP contribution in [0.3, 0.4) is 0 Å². The molecule has 0 radical (unpaired) electrons. The third-order valence-corrected chi connectivity index (χ3v) is 8.75. The fourth-order valence-corrected chi connectivity index (χ4v) is 6.15. The Balaban J connectivity index is 1.70. The maximum atomic E-state index is 13.2. The van der Waals surface area contributed by atoms with Gasteiger partial charge in [0.15, 0.2) is 0 Å². The van der Waals surface area contributed by atoms with Crippen molar-refractivity contribution >= 4 is 21.8 Å². The molecule has 1 aromatic carbocycles. The Kier molecular flexibility index (Phi) is 8.36. The van der Waals surface area contributed by atoms with Crippen molar-refractivity contribution in [3.05, 3.63) is 23.8 Å². The number of ether oxygens (including phenoxy) is 1. The number of benzene rings is 1. The molecule has 2 fully saturated rings. The molecule has 2 aliphatic heterocycles. The summed E-state index contributed by atoms with van der Waals surface area (Å²) in [5.74, 6) is 0.119. The number of likely N-dealkylation sites (N-methyl/N-ethyl adjacent to an activating group) is 1. The zero-order valence-corrected chi connectivity index (χ0v) is 20.9. The third-order valence-electron chi connectivity index (χ3n) is 6.68. The van der Waals surface area contributed by atoms with Gasteiger partial charge in [-0.15, -0.1) is 0 Å². The molecule has 0 atom stereocenters. The second kappa shape index (κ2) is 10.8. The van der Waals surface area contributed by atoms with E-state index in [2.05, 4.69) is 11.9 Å². The van der Waals surface area contributed by atoms with Crippen LogP contribution in [-0.4, -0.2) is 106 Å². The van der Waals surface area contributed by atoms with Gasteiger partial charge in [-0.05, 0) is 38.1 Å². The Hall–Kier alpha value is -2.17. The van der Waals surface area contributed by atoms with Crippen LogP contribution in [0.2, 0.25) is 0 Å². The maximum Gasteiger partial charge on any atom is 0.253 e. The number of carbonyl (C=O) groups excluding carboxylic acids is 2. The van der Waals surface area contributed by atoms with Gasteiger partial charge in [-0.3, -0.25) is 9.59 Å². The number of likely N-dealkylation sites (tertiary alicyclic amines) is 1. The lowest BCUT2D eigenvalue weighted by molar-refractivity contribution is -0.138. The predicted octanol–water partition coefficient (Wildman–Crippen LogP) is 1.35. The highest BCUT2D eigenvalue weighted by molar-refractivity contribution is 7.89. The predicted molar refractivity (Wildman–Crippen MR) is 126 cm³/mol. The van der Waals surface area contributed by atoms with Crippen molar-refractivity contribution in [1.82, 2.24) is 19.0 Å². The van der Waals surface area contributed by atoms with Crippen LogP contribution < -0.4 is 4.74 Å². The second-order valence-electron chi connectivity index (χ2n) is 8.65. The first-order valence-corrected chi connectivity index (χ1v) is 13.1. The van der Waals surface area contributed by atoms with Gasteiger partial charge in [0.05, 0.1) is 7.11 Å². The van der Waals surface area contributed by atoms with Gasteiger partial charge >= 0.3 is 0 Å². The van der Waals surface area contributed by atoms with Gasteiger partial charge in [-0.25, -0.2) is 8.42 Å². The fourth-order valence-electron chi connectivity index (χ4n) is 4.51. The topological polar surface area (TPSA) is 90.5 Å². The maximum absolute atomic E-state index is 13.2. The Morgan fingerprint density at radius 2 is 1.61 bits per heavy atom. The standard InChI is InChI=1S/C23H36N4O5S/c1-5-27(6-2)33(30,31)21-17-19(7-8-20(21)32-4)23(29)25-11-9-18(10-12-25)22(28)26-15-13-24(3)14-16-26/h7-8,17-18H,5-6,9-16H2,1-4H3. The van der Waals surface area contributed by atoms with Gasteiger partial charge in [0.25, 0.3) is 5.91 Å². The van der Waals surface area contributed by atoms with E-state index in [1.54, 1.807) is 24.8 Å². The quantitative estimate of drug-likeness (QED) is 0.585. The summed E-state index contributed by atoms with van der Waals surface area (Å²) in [5.41, 5.74) is 0.311. The minimum Gasteiger partial charge on any atom is -0.495 e. The average molecular weight is 481 g/mol. The lowest BCUT2D eigenvalue weighted by Gasteiger charge is -2.37. The van der Waals surface area contributed by atoms with Crippen molar-refractivity contribution in [3.8, 4) is 5.75 Å². The van der Waals surface area contributed by atoms with Crippen LogP contribution in [-0.2, 0) is 14.8 Å². The van der Waals surface area contributed by atoms with Crippen molar-refractivity contribution in [3.63, 3.8) is 0 Å². The van der Waals surface area contributed by atoms with E-state index in [0.29, 0.717) is 44.6 Å². The molecule has 0 aliphatic carbocycles. The molecule has 0 unspecified atom stereocenters. The molecule has 10 heteroatoms. The molecule has 0 bridgehead atoms. The number of hydrogen-bond acceptors (Lipinski definition) is 6. The molecule has 0 spiro atoms. The number of rotatable bonds is 7. The molecule has 0 N–H and O–H groups in total. The molecule has 33 heavy (non-hydrogen) atoms. The molecule has 184 valence electrons. The van der Waals surface area contributed by atoms with Crippen molar-refractivity contribution < 1.29 is 22.7 Å². The van der Waals surface area contributed by atoms with E-state index >= 15 is 0 Å². The van der Waals surface area contributed by atoms with Crippen molar-refractivity contribution in [1.29, 1.82) is 0 Å². The molecular formula is C23H36N4O5S. The Morgan fingerprint density at radius 1 is 1.00 bits per heavy atom. The van der Waals surface area contributed by atoms with Crippen LogP contribution in [0.4, 0.5) is 0 Å². The summed E-state index contributed by atoms with van der Waals surface area (Å²) in [6.07, 6.45) is 1.25. The summed E-state index contributed by atoms with van der Waals surface area (Å²) in [6, 6.07) is 4.55. The number of amides is 2. The summed E-state index contributed by atoms with van der Waals surface area (Å²) < 4.78 is 32.8. The van der Waals surface area contributed by atoms with E-state index < -0.39 is 10.0 Å². The van der Waals surface area contributed by atoms with Crippen LogP contribution >= 0.6 is 0 Å². The van der Waals surface area contributed by atoms with Crippen LogP contribution in [0.25, 0.3) is 0 Å². The number of hydrogen-bond donors (Lipinski definition) is 0. The molecule has 2 saturated heterocycles. The summed E-state index contributed by atoms with van der Waals surface area (Å²) in [7, 11) is -0.307. The zero-order valence-electron chi connectivity index (χ0n) is 20.1. The number of nitrogens with zero attached hydrogens (tertiary/aromatic N) is 4. The molecule has 2 aliphatic rings. The first kappa shape index (κ1) is 25.5. The Bertz CT molecular complexity index is 948. The third kappa shape index (κ3) is 5.50. The van der Waals surface area contributed by atoms with E-state index in [-0.39, 0.29) is 28.4 Å². The monoisotopic (exact) mass is 480 g/mol. The molecule has 0 aromatic heterocycles. The number of piperidine rings is 1. The largest absolute Gasteiger partial charge is 0.495 e. The number of carbonyl (C=O) groups is 2. The fraction of sp³-hybridized carbons (Fsp3) is 0.652. The highest BCUT2D eigenvalue weighted by atomic mass is 32.2. The molecule has 9 nitrogen and oxygen atoms in total. The Morgan fingerprint density at radius 3 is 2.15 bits per heavy atom. The molecular weight excluding hydrogens is 444 g/mol. The molecule has 3 rings (SSSR count). The summed E-state index contributed by atoms with van der Waals surface area (Å²) >= 11 is 0. The summed E-state index contributed by atoms with van der Waals surface area (Å²) in [4.78, 5) is 31.9. The molecule has 2 heterocycles. The van der Waals surface area contributed by atoms with Gasteiger partial charge in [0.1, 0.15) is 10.6 Å². The van der Waals surface area contributed by atoms with Gasteiger partial charge < -0.3 is 19.4 Å². The number of piperazine rings is 1. The lowest BCUT2D eigenvalue weighted by atomic mass is 9.94. The second-order valence-corrected chi connectivity index (χ2v) is 10.6. The first-order valence-electron chi connectivity index (χ1n) is 11.7. The van der Waals surface area contributed by atoms with Gasteiger partial charge in [-0.1, -0.05) is 13.8 Å². The lowest BCUT2D eigenvalue weighted by Crippen LogP contribution is -2.51. The van der Waals surface area contributed by atoms with Crippen LogP contribution in [0.1, 0.15) is 37.0 Å². The first-order chi connectivity index (χ1) is 15.7. The highest BCUT2D eigenvalue weighted by Crippen LogP contribution is 2.29. The molecule has 2 amide bonds. The van der Waals surface area contributed by atoms with Gasteiger partial charge in [0, 0.05) is 63.8 Å². The SMILES string of the molecule is CCN(CC)S(=O)(=O)c1cc(C(=O)N2CCC(C(=O)N3CCN(C)CC3)CC2)ccc1OC. The van der Waals surface area contributed by atoms with Crippen LogP contribution in [0.15, 0.2) is 23.1 Å². The molecule has 0 saturated carbocycles. The minimum atomic E-state index is -3.78. The van der Waals surface area contributed by atoms with Crippen molar-refractivity contribution in [2.24, 2.45) is 5.92 Å². The zero-order chi connectivity index (χ0) is 24.2. The van der Waals surface area contributed by atoms with Crippen LogP contribution in [0.5, 0.6) is 5.75 Å². The smallest absolute Gasteiger partial charge is 0.253 e. The van der Waals surface area contributed by atoms with E-state index in [4.69, 9.17) is 4.74 Å². The average Bonchev–Trinajstić information content (AvgIpc) is 2.84. The summed E-state index contributed by atoms with van der Waals surface area (Å²) in [6.45, 7) is 8.45. The van der Waals surface area contributed by atoms with E-state index in [9.17, 15) is 18.0 Å². The van der Waals surface area contributed by atoms with E-state index in [1.165, 1.54) is 23.5 Å². The molecule has 1 aromatic rings.